The third-order valence-electron chi connectivity index (χ3n) is 4.95. The smallest absolute Gasteiger partial charge is 0.256 e. The molecule has 0 atom stereocenters. The molecular formula is C24H20FNO4. The van der Waals surface area contributed by atoms with Crippen LogP contribution in [-0.2, 0) is 0 Å². The van der Waals surface area contributed by atoms with Gasteiger partial charge in [-0.05, 0) is 53.4 Å². The summed E-state index contributed by atoms with van der Waals surface area (Å²) in [7, 11) is 4.58. The zero-order valence-electron chi connectivity index (χ0n) is 16.8. The maximum Gasteiger partial charge on any atom is 0.256 e. The Balaban J connectivity index is 2.24. The Bertz CT molecular complexity index is 1260. The van der Waals surface area contributed by atoms with Gasteiger partial charge in [0.05, 0.1) is 32.4 Å². The van der Waals surface area contributed by atoms with Crippen LogP contribution in [0.5, 0.6) is 17.2 Å². The van der Waals surface area contributed by atoms with Crippen molar-refractivity contribution in [3.63, 3.8) is 0 Å². The molecule has 0 fully saturated rings. The molecule has 0 saturated heterocycles. The lowest BCUT2D eigenvalue weighted by atomic mass is 10.0. The van der Waals surface area contributed by atoms with Crippen molar-refractivity contribution in [3.8, 4) is 34.2 Å². The topological polar surface area (TPSA) is 49.7 Å². The Hall–Kier alpha value is -3.80. The highest BCUT2D eigenvalue weighted by molar-refractivity contribution is 6.02. The number of methoxy groups -OCH3 is 3. The number of para-hydroxylation sites is 1. The van der Waals surface area contributed by atoms with Crippen molar-refractivity contribution in [2.24, 2.45) is 0 Å². The fourth-order valence-corrected chi connectivity index (χ4v) is 3.67. The van der Waals surface area contributed by atoms with Crippen molar-refractivity contribution in [1.82, 2.24) is 4.57 Å². The summed E-state index contributed by atoms with van der Waals surface area (Å²) in [6, 6.07) is 18.5. The first-order valence-corrected chi connectivity index (χ1v) is 9.29. The predicted octanol–water partition coefficient (Wildman–Crippen LogP) is 4.82. The van der Waals surface area contributed by atoms with Gasteiger partial charge in [-0.2, -0.15) is 0 Å². The van der Waals surface area contributed by atoms with E-state index in [0.717, 1.165) is 0 Å². The molecule has 0 spiro atoms. The summed E-state index contributed by atoms with van der Waals surface area (Å²) in [5.41, 5.74) is 1.68. The van der Waals surface area contributed by atoms with E-state index in [0.29, 0.717) is 45.0 Å². The highest BCUT2D eigenvalue weighted by Crippen LogP contribution is 2.46. The number of hydrogen-bond donors (Lipinski definition) is 0. The molecule has 5 nitrogen and oxygen atoms in total. The second kappa shape index (κ2) is 7.91. The van der Waals surface area contributed by atoms with Crippen LogP contribution in [0.1, 0.15) is 0 Å². The van der Waals surface area contributed by atoms with Crippen LogP contribution in [0, 0.1) is 5.82 Å². The minimum Gasteiger partial charge on any atom is -0.493 e. The molecule has 152 valence electrons. The molecule has 4 aromatic rings. The van der Waals surface area contributed by atoms with Crippen molar-refractivity contribution in [3.05, 3.63) is 82.9 Å². The number of hydrogen-bond acceptors (Lipinski definition) is 4. The van der Waals surface area contributed by atoms with Crippen molar-refractivity contribution in [2.75, 3.05) is 21.3 Å². The molecule has 0 aliphatic rings. The Morgan fingerprint density at radius 3 is 2.07 bits per heavy atom. The van der Waals surface area contributed by atoms with Gasteiger partial charge in [-0.1, -0.05) is 18.2 Å². The van der Waals surface area contributed by atoms with Gasteiger partial charge in [0.2, 0.25) is 5.75 Å². The number of rotatable bonds is 5. The van der Waals surface area contributed by atoms with Gasteiger partial charge in [0.25, 0.3) is 5.56 Å². The third-order valence-corrected chi connectivity index (χ3v) is 4.95. The van der Waals surface area contributed by atoms with Crippen LogP contribution in [0.2, 0.25) is 0 Å². The summed E-state index contributed by atoms with van der Waals surface area (Å²) in [6.07, 6.45) is 0. The summed E-state index contributed by atoms with van der Waals surface area (Å²) in [5.74, 6) is 0.924. The van der Waals surface area contributed by atoms with E-state index in [1.54, 1.807) is 22.8 Å². The van der Waals surface area contributed by atoms with Crippen LogP contribution >= 0.6 is 0 Å². The van der Waals surface area contributed by atoms with Crippen LogP contribution in [0.3, 0.4) is 0 Å². The lowest BCUT2D eigenvalue weighted by Crippen LogP contribution is -2.20. The lowest BCUT2D eigenvalue weighted by molar-refractivity contribution is 0.327. The second-order valence-corrected chi connectivity index (χ2v) is 6.62. The molecule has 0 unspecified atom stereocenters. The first-order chi connectivity index (χ1) is 14.6. The third kappa shape index (κ3) is 3.16. The van der Waals surface area contributed by atoms with Gasteiger partial charge in [0.1, 0.15) is 5.82 Å². The maximum absolute atomic E-state index is 13.7. The molecule has 1 aromatic heterocycles. The zero-order valence-corrected chi connectivity index (χ0v) is 16.8. The summed E-state index contributed by atoms with van der Waals surface area (Å²) < 4.78 is 31.9. The van der Waals surface area contributed by atoms with Crippen molar-refractivity contribution >= 4 is 10.8 Å². The van der Waals surface area contributed by atoms with Gasteiger partial charge in [0.15, 0.2) is 11.5 Å². The van der Waals surface area contributed by atoms with E-state index < -0.39 is 0 Å². The molecule has 0 aliphatic heterocycles. The van der Waals surface area contributed by atoms with E-state index >= 15 is 0 Å². The quantitative estimate of drug-likeness (QED) is 0.478. The molecule has 1 heterocycles. The zero-order chi connectivity index (χ0) is 21.3. The normalized spacial score (nSPS) is 10.8. The average molecular weight is 405 g/mol. The van der Waals surface area contributed by atoms with Crippen LogP contribution in [-0.4, -0.2) is 25.9 Å². The molecule has 30 heavy (non-hydrogen) atoms. The van der Waals surface area contributed by atoms with E-state index in [-0.39, 0.29) is 11.4 Å². The minimum absolute atomic E-state index is 0.234. The number of benzene rings is 3. The second-order valence-electron chi connectivity index (χ2n) is 6.62. The van der Waals surface area contributed by atoms with E-state index in [1.165, 1.54) is 39.5 Å². The van der Waals surface area contributed by atoms with Gasteiger partial charge in [-0.25, -0.2) is 4.39 Å². The molecule has 0 bridgehead atoms. The largest absolute Gasteiger partial charge is 0.493 e. The van der Waals surface area contributed by atoms with E-state index in [1.807, 2.05) is 30.3 Å². The van der Waals surface area contributed by atoms with E-state index in [9.17, 15) is 9.18 Å². The molecule has 0 saturated carbocycles. The van der Waals surface area contributed by atoms with Gasteiger partial charge in [0, 0.05) is 11.8 Å². The van der Waals surface area contributed by atoms with E-state index in [4.69, 9.17) is 14.2 Å². The summed E-state index contributed by atoms with van der Waals surface area (Å²) in [4.78, 5) is 13.2. The van der Waals surface area contributed by atoms with Crippen LogP contribution in [0.15, 0.2) is 71.5 Å². The number of halogens is 1. The first-order valence-electron chi connectivity index (χ1n) is 9.29. The Labute approximate surface area is 172 Å². The number of aromatic nitrogens is 1. The Morgan fingerprint density at radius 2 is 1.47 bits per heavy atom. The molecule has 0 radical (unpaired) electrons. The van der Waals surface area contributed by atoms with E-state index in [2.05, 4.69) is 0 Å². The molecular weight excluding hydrogens is 385 g/mol. The predicted molar refractivity (Wildman–Crippen MR) is 115 cm³/mol. The minimum atomic E-state index is -0.362. The summed E-state index contributed by atoms with van der Waals surface area (Å²) in [5, 5.41) is 1.28. The molecule has 0 aliphatic carbocycles. The molecule has 6 heteroatoms. The maximum atomic E-state index is 13.7. The number of pyridine rings is 1. The monoisotopic (exact) mass is 405 g/mol. The highest BCUT2D eigenvalue weighted by atomic mass is 19.1. The Kier molecular flexibility index (Phi) is 5.14. The molecule has 4 rings (SSSR count). The lowest BCUT2D eigenvalue weighted by Gasteiger charge is -2.20. The average Bonchev–Trinajstić information content (AvgIpc) is 2.78. The fraction of sp³-hybridized carbons (Fsp3) is 0.125. The van der Waals surface area contributed by atoms with Crippen LogP contribution < -0.4 is 19.8 Å². The van der Waals surface area contributed by atoms with Crippen LogP contribution in [0.4, 0.5) is 4.39 Å². The van der Waals surface area contributed by atoms with Crippen molar-refractivity contribution < 1.29 is 18.6 Å². The van der Waals surface area contributed by atoms with Crippen LogP contribution in [0.25, 0.3) is 27.7 Å². The first kappa shape index (κ1) is 19.5. The molecule has 0 N–H and O–H groups in total. The number of ether oxygens (including phenoxy) is 3. The Morgan fingerprint density at radius 1 is 0.800 bits per heavy atom. The number of fused-ring (bicyclic) bond motifs is 1. The van der Waals surface area contributed by atoms with Crippen molar-refractivity contribution in [1.29, 1.82) is 0 Å². The standard InChI is InChI=1S/C24H20FNO4/c1-28-19-13-16-14-20(27)26(18-7-5-4-6-8-18)22(15-9-11-17(25)12-10-15)21(16)24(30-3)23(19)29-2/h4-14H,1-3H3. The fourth-order valence-electron chi connectivity index (χ4n) is 3.67. The van der Waals surface area contributed by atoms with Gasteiger partial charge < -0.3 is 14.2 Å². The van der Waals surface area contributed by atoms with Crippen molar-refractivity contribution in [2.45, 2.75) is 0 Å². The van der Waals surface area contributed by atoms with Gasteiger partial charge in [-0.15, -0.1) is 0 Å². The summed E-state index contributed by atoms with van der Waals surface area (Å²) >= 11 is 0. The number of nitrogens with zero attached hydrogens (tertiary/aromatic N) is 1. The molecule has 3 aromatic carbocycles. The SMILES string of the molecule is COc1cc2cc(=O)n(-c3ccccc3)c(-c3ccc(F)cc3)c2c(OC)c1OC. The van der Waals surface area contributed by atoms with Gasteiger partial charge in [-0.3, -0.25) is 9.36 Å². The summed E-state index contributed by atoms with van der Waals surface area (Å²) in [6.45, 7) is 0. The highest BCUT2D eigenvalue weighted by Gasteiger charge is 2.23. The van der Waals surface area contributed by atoms with Gasteiger partial charge >= 0.3 is 0 Å². The molecule has 0 amide bonds.